The Balaban J connectivity index is 2.87. The highest BCUT2D eigenvalue weighted by Crippen LogP contribution is 2.16. The van der Waals surface area contributed by atoms with Crippen LogP contribution >= 0.6 is 11.6 Å². The molecule has 2 heterocycles. The second kappa shape index (κ2) is 3.36. The minimum atomic E-state index is -0.241. The molecule has 0 fully saturated rings. The number of fused-ring (bicyclic) bond motifs is 1. The van der Waals surface area contributed by atoms with Gasteiger partial charge < -0.3 is 10.7 Å². The van der Waals surface area contributed by atoms with Gasteiger partial charge in [0.2, 0.25) is 0 Å². The normalized spacial score (nSPS) is 10.7. The van der Waals surface area contributed by atoms with E-state index in [2.05, 4.69) is 15.0 Å². The van der Waals surface area contributed by atoms with Crippen molar-refractivity contribution in [2.24, 2.45) is 5.73 Å². The molecule has 0 aliphatic rings. The molecule has 0 aromatic carbocycles. The van der Waals surface area contributed by atoms with Gasteiger partial charge in [0.15, 0.2) is 0 Å². The number of aromatic amines is 1. The number of pyridine rings is 1. The van der Waals surface area contributed by atoms with Crippen molar-refractivity contribution in [3.63, 3.8) is 0 Å². The molecular weight excluding hydrogens is 204 g/mol. The molecule has 0 unspecified atom stereocenters. The highest BCUT2D eigenvalue weighted by molar-refractivity contribution is 6.33. The Labute approximate surface area is 83.9 Å². The van der Waals surface area contributed by atoms with Crippen molar-refractivity contribution in [1.82, 2.24) is 15.0 Å². The summed E-state index contributed by atoms with van der Waals surface area (Å²) in [6, 6.07) is 1.61. The number of hydrogen-bond donors (Lipinski definition) is 2. The fraction of sp³-hybridized carbons (Fsp3) is 0.125. The third-order valence-corrected chi connectivity index (χ3v) is 2.20. The van der Waals surface area contributed by atoms with Gasteiger partial charge >= 0.3 is 0 Å². The number of nitrogens with zero attached hydrogens (tertiary/aromatic N) is 2. The van der Waals surface area contributed by atoms with Gasteiger partial charge in [-0.25, -0.2) is 9.97 Å². The third kappa shape index (κ3) is 1.36. The number of hydrogen-bond acceptors (Lipinski definition) is 4. The highest BCUT2D eigenvalue weighted by Gasteiger charge is 2.05. The van der Waals surface area contributed by atoms with Crippen molar-refractivity contribution in [2.75, 3.05) is 0 Å². The lowest BCUT2D eigenvalue weighted by molar-refractivity contribution is 1.02. The first-order valence-corrected chi connectivity index (χ1v) is 4.32. The monoisotopic (exact) mass is 210 g/mol. The van der Waals surface area contributed by atoms with Gasteiger partial charge in [-0.1, -0.05) is 11.6 Å². The van der Waals surface area contributed by atoms with E-state index in [0.717, 1.165) is 0 Å². The maximum Gasteiger partial charge on any atom is 0.254 e. The summed E-state index contributed by atoms with van der Waals surface area (Å²) in [5, 5.41) is 0.912. The van der Waals surface area contributed by atoms with Crippen molar-refractivity contribution in [3.05, 3.63) is 33.5 Å². The first-order chi connectivity index (χ1) is 6.72. The SMILES string of the molecule is NCc1cc2c(Cl)ncnc2[nH]c1=O. The molecule has 0 atom stereocenters. The molecule has 72 valence electrons. The first kappa shape index (κ1) is 9.11. The fourth-order valence-corrected chi connectivity index (χ4v) is 1.37. The van der Waals surface area contributed by atoms with E-state index in [0.29, 0.717) is 21.7 Å². The third-order valence-electron chi connectivity index (χ3n) is 1.90. The van der Waals surface area contributed by atoms with E-state index < -0.39 is 0 Å². The molecule has 0 amide bonds. The minimum Gasteiger partial charge on any atom is -0.326 e. The van der Waals surface area contributed by atoms with E-state index in [1.807, 2.05) is 0 Å². The second-order valence-corrected chi connectivity index (χ2v) is 3.11. The zero-order valence-corrected chi connectivity index (χ0v) is 7.88. The zero-order valence-electron chi connectivity index (χ0n) is 7.12. The molecule has 2 aromatic heterocycles. The number of H-pyrrole nitrogens is 1. The van der Waals surface area contributed by atoms with E-state index in [1.165, 1.54) is 6.33 Å². The quantitative estimate of drug-likeness (QED) is 0.669. The number of rotatable bonds is 1. The minimum absolute atomic E-state index is 0.163. The molecule has 3 N–H and O–H groups in total. The van der Waals surface area contributed by atoms with Crippen LogP contribution in [0, 0.1) is 0 Å². The molecule has 0 saturated carbocycles. The van der Waals surface area contributed by atoms with Gasteiger partial charge in [0.25, 0.3) is 5.56 Å². The smallest absolute Gasteiger partial charge is 0.254 e. The van der Waals surface area contributed by atoms with Crippen LogP contribution in [0.2, 0.25) is 5.15 Å². The second-order valence-electron chi connectivity index (χ2n) is 2.75. The van der Waals surface area contributed by atoms with Crippen molar-refractivity contribution in [1.29, 1.82) is 0 Å². The summed E-state index contributed by atoms with van der Waals surface area (Å²) in [4.78, 5) is 21.6. The Hall–Kier alpha value is -1.46. The molecule has 6 heteroatoms. The van der Waals surface area contributed by atoms with Crippen LogP contribution in [0.15, 0.2) is 17.2 Å². The Morgan fingerprint density at radius 1 is 1.50 bits per heavy atom. The first-order valence-electron chi connectivity index (χ1n) is 3.95. The maximum atomic E-state index is 11.3. The molecule has 0 radical (unpaired) electrons. The summed E-state index contributed by atoms with van der Waals surface area (Å²) < 4.78 is 0. The zero-order chi connectivity index (χ0) is 10.1. The van der Waals surface area contributed by atoms with Crippen LogP contribution in [-0.2, 0) is 6.54 Å². The Bertz CT molecular complexity index is 536. The molecule has 0 spiro atoms. The van der Waals surface area contributed by atoms with E-state index >= 15 is 0 Å². The van der Waals surface area contributed by atoms with E-state index in [4.69, 9.17) is 17.3 Å². The lowest BCUT2D eigenvalue weighted by Gasteiger charge is -2.00. The lowest BCUT2D eigenvalue weighted by atomic mass is 10.2. The molecule has 0 bridgehead atoms. The van der Waals surface area contributed by atoms with E-state index in [9.17, 15) is 4.79 Å². The molecular formula is C8H7ClN4O. The summed E-state index contributed by atoms with van der Waals surface area (Å²) in [7, 11) is 0. The van der Waals surface area contributed by atoms with Gasteiger partial charge in [-0.3, -0.25) is 4.79 Å². The van der Waals surface area contributed by atoms with Gasteiger partial charge in [-0.15, -0.1) is 0 Å². The van der Waals surface area contributed by atoms with Crippen LogP contribution in [0.1, 0.15) is 5.56 Å². The predicted molar refractivity (Wildman–Crippen MR) is 53.1 cm³/mol. The van der Waals surface area contributed by atoms with Gasteiger partial charge in [0.05, 0.1) is 5.39 Å². The number of nitrogens with one attached hydrogen (secondary N) is 1. The lowest BCUT2D eigenvalue weighted by Crippen LogP contribution is -2.16. The van der Waals surface area contributed by atoms with Crippen molar-refractivity contribution in [3.8, 4) is 0 Å². The molecule has 5 nitrogen and oxygen atoms in total. The Kier molecular flexibility index (Phi) is 2.18. The van der Waals surface area contributed by atoms with Gasteiger partial charge in [0.1, 0.15) is 17.1 Å². The van der Waals surface area contributed by atoms with Crippen LogP contribution < -0.4 is 11.3 Å². The molecule has 0 aliphatic carbocycles. The Morgan fingerprint density at radius 2 is 2.29 bits per heavy atom. The summed E-state index contributed by atoms with van der Waals surface area (Å²) in [6.45, 7) is 0.163. The molecule has 0 saturated heterocycles. The highest BCUT2D eigenvalue weighted by atomic mass is 35.5. The Morgan fingerprint density at radius 3 is 3.00 bits per heavy atom. The number of nitrogens with two attached hydrogens (primary N) is 1. The largest absolute Gasteiger partial charge is 0.326 e. The van der Waals surface area contributed by atoms with Crippen molar-refractivity contribution < 1.29 is 0 Å². The number of halogens is 1. The summed E-state index contributed by atoms with van der Waals surface area (Å²) in [5.41, 5.74) is 6.04. The van der Waals surface area contributed by atoms with Crippen LogP contribution in [-0.4, -0.2) is 15.0 Å². The summed E-state index contributed by atoms with van der Waals surface area (Å²) in [5.74, 6) is 0. The fourth-order valence-electron chi connectivity index (χ4n) is 1.18. The maximum absolute atomic E-state index is 11.3. The van der Waals surface area contributed by atoms with Crippen LogP contribution in [0.3, 0.4) is 0 Å². The molecule has 2 rings (SSSR count). The van der Waals surface area contributed by atoms with Crippen molar-refractivity contribution in [2.45, 2.75) is 6.54 Å². The van der Waals surface area contributed by atoms with Gasteiger partial charge in [-0.05, 0) is 6.07 Å². The van der Waals surface area contributed by atoms with Crippen LogP contribution in [0.4, 0.5) is 0 Å². The number of aromatic nitrogens is 3. The van der Waals surface area contributed by atoms with E-state index in [1.54, 1.807) is 6.07 Å². The summed E-state index contributed by atoms with van der Waals surface area (Å²) in [6.07, 6.45) is 1.29. The van der Waals surface area contributed by atoms with Crippen LogP contribution in [0.5, 0.6) is 0 Å². The summed E-state index contributed by atoms with van der Waals surface area (Å²) >= 11 is 5.82. The van der Waals surface area contributed by atoms with Crippen molar-refractivity contribution >= 4 is 22.6 Å². The predicted octanol–water partition coefficient (Wildman–Crippen LogP) is 0.430. The average molecular weight is 211 g/mol. The molecule has 2 aromatic rings. The topological polar surface area (TPSA) is 84.7 Å². The van der Waals surface area contributed by atoms with Gasteiger partial charge in [0, 0.05) is 12.1 Å². The van der Waals surface area contributed by atoms with Gasteiger partial charge in [-0.2, -0.15) is 0 Å². The standard InChI is InChI=1S/C8H7ClN4O/c9-6-5-1-4(2-10)8(14)13-7(5)12-3-11-6/h1,3H,2,10H2,(H,11,12,13,14). The molecule has 14 heavy (non-hydrogen) atoms. The molecule has 0 aliphatic heterocycles. The average Bonchev–Trinajstić information content (AvgIpc) is 2.17. The van der Waals surface area contributed by atoms with E-state index in [-0.39, 0.29) is 12.1 Å². The van der Waals surface area contributed by atoms with Crippen LogP contribution in [0.25, 0.3) is 11.0 Å².